The summed E-state index contributed by atoms with van der Waals surface area (Å²) in [6.07, 6.45) is 0. The van der Waals surface area contributed by atoms with Crippen LogP contribution in [0.3, 0.4) is 0 Å². The molecule has 0 aliphatic rings. The van der Waals surface area contributed by atoms with Crippen molar-refractivity contribution in [1.82, 2.24) is 0 Å². The van der Waals surface area contributed by atoms with Gasteiger partial charge in [0.25, 0.3) is 0 Å². The third-order valence-electron chi connectivity index (χ3n) is 3.63. The highest BCUT2D eigenvalue weighted by atomic mass is 32.2. The fourth-order valence-corrected chi connectivity index (χ4v) is 4.92. The Morgan fingerprint density at radius 2 is 1.08 bits per heavy atom. The number of thioether (sulfide) groups is 2. The smallest absolute Gasteiger partial charge is 0.123 e. The number of benzene rings is 3. The fraction of sp³-hybridized carbons (Fsp3) is 0.143. The Morgan fingerprint density at radius 1 is 0.625 bits per heavy atom. The molecule has 0 nitrogen and oxygen atoms in total. The van der Waals surface area contributed by atoms with E-state index in [2.05, 4.69) is 48.5 Å². The van der Waals surface area contributed by atoms with Crippen LogP contribution in [0.25, 0.3) is 0 Å². The summed E-state index contributed by atoms with van der Waals surface area (Å²) < 4.78 is 13.5. The molecule has 0 fully saturated rings. The molecule has 0 spiro atoms. The average molecular weight is 355 g/mol. The molecule has 0 unspecified atom stereocenters. The molecule has 0 N–H and O–H groups in total. The Labute approximate surface area is 151 Å². The molecule has 122 valence electrons. The molecule has 0 atom stereocenters. The van der Waals surface area contributed by atoms with Crippen LogP contribution in [0.15, 0.2) is 84.9 Å². The summed E-state index contributed by atoms with van der Waals surface area (Å²) in [6.45, 7) is 0. The van der Waals surface area contributed by atoms with E-state index in [0.29, 0.717) is 0 Å². The summed E-state index contributed by atoms with van der Waals surface area (Å²) >= 11 is 3.79. The second kappa shape index (κ2) is 8.95. The minimum atomic E-state index is -0.182. The summed E-state index contributed by atoms with van der Waals surface area (Å²) in [7, 11) is 0. The van der Waals surface area contributed by atoms with Crippen molar-refractivity contribution in [2.75, 3.05) is 0 Å². The lowest BCUT2D eigenvalue weighted by Crippen LogP contribution is -1.93. The number of hydrogen-bond acceptors (Lipinski definition) is 2. The zero-order valence-corrected chi connectivity index (χ0v) is 14.9. The van der Waals surface area contributed by atoms with E-state index >= 15 is 0 Å². The van der Waals surface area contributed by atoms with Crippen molar-refractivity contribution >= 4 is 23.5 Å². The molecule has 0 saturated heterocycles. The zero-order valence-electron chi connectivity index (χ0n) is 13.3. The van der Waals surface area contributed by atoms with Crippen molar-refractivity contribution in [2.24, 2.45) is 0 Å². The van der Waals surface area contributed by atoms with E-state index in [0.717, 1.165) is 11.5 Å². The molecule has 3 aromatic rings. The topological polar surface area (TPSA) is 0 Å². The summed E-state index contributed by atoms with van der Waals surface area (Å²) in [6, 6.07) is 27.8. The monoisotopic (exact) mass is 354 g/mol. The quantitative estimate of drug-likeness (QED) is 0.433. The molecule has 0 aliphatic heterocycles. The molecule has 0 aliphatic carbocycles. The van der Waals surface area contributed by atoms with E-state index in [-0.39, 0.29) is 10.4 Å². The highest BCUT2D eigenvalue weighted by Gasteiger charge is 2.13. The van der Waals surface area contributed by atoms with Gasteiger partial charge < -0.3 is 0 Å². The third kappa shape index (κ3) is 5.15. The molecule has 24 heavy (non-hydrogen) atoms. The zero-order chi connectivity index (χ0) is 16.6. The molecule has 3 rings (SSSR count). The van der Waals surface area contributed by atoms with Gasteiger partial charge in [0.2, 0.25) is 0 Å². The van der Waals surface area contributed by atoms with Crippen molar-refractivity contribution < 1.29 is 4.39 Å². The van der Waals surface area contributed by atoms with E-state index in [4.69, 9.17) is 0 Å². The van der Waals surface area contributed by atoms with E-state index < -0.39 is 0 Å². The van der Waals surface area contributed by atoms with Crippen molar-refractivity contribution in [3.8, 4) is 0 Å². The molecule has 0 bridgehead atoms. The van der Waals surface area contributed by atoms with Crippen LogP contribution in [0.1, 0.15) is 21.3 Å². The van der Waals surface area contributed by atoms with Crippen LogP contribution in [-0.4, -0.2) is 0 Å². The summed E-state index contributed by atoms with van der Waals surface area (Å²) in [5.74, 6) is 1.72. The predicted octanol–water partition coefficient (Wildman–Crippen LogP) is 6.69. The SMILES string of the molecule is Fc1ccc(C(SCc2ccccc2)SCc2ccccc2)cc1. The first-order valence-electron chi connectivity index (χ1n) is 7.88. The maximum atomic E-state index is 13.2. The van der Waals surface area contributed by atoms with Crippen LogP contribution < -0.4 is 0 Å². The van der Waals surface area contributed by atoms with Crippen LogP contribution in [0.2, 0.25) is 0 Å². The standard InChI is InChI=1S/C21H19FS2/c22-20-13-11-19(12-14-20)21(23-15-17-7-3-1-4-8-17)24-16-18-9-5-2-6-10-18/h1-14,21H,15-16H2. The van der Waals surface area contributed by atoms with Gasteiger partial charge in [-0.15, -0.1) is 23.5 Å². The van der Waals surface area contributed by atoms with Gasteiger partial charge in [-0.2, -0.15) is 0 Å². The van der Waals surface area contributed by atoms with Gasteiger partial charge in [-0.1, -0.05) is 72.8 Å². The van der Waals surface area contributed by atoms with Gasteiger partial charge in [-0.3, -0.25) is 0 Å². The lowest BCUT2D eigenvalue weighted by molar-refractivity contribution is 0.627. The molecular formula is C21H19FS2. The van der Waals surface area contributed by atoms with E-state index in [1.807, 2.05) is 47.8 Å². The lowest BCUT2D eigenvalue weighted by atomic mass is 10.2. The lowest BCUT2D eigenvalue weighted by Gasteiger charge is -2.17. The minimum Gasteiger partial charge on any atom is -0.207 e. The molecule has 0 amide bonds. The summed E-state index contributed by atoms with van der Waals surface area (Å²) in [4.78, 5) is 0. The van der Waals surface area contributed by atoms with Crippen LogP contribution in [0.4, 0.5) is 4.39 Å². The van der Waals surface area contributed by atoms with Gasteiger partial charge in [-0.05, 0) is 28.8 Å². The second-order valence-corrected chi connectivity index (χ2v) is 7.96. The van der Waals surface area contributed by atoms with Gasteiger partial charge >= 0.3 is 0 Å². The van der Waals surface area contributed by atoms with Crippen LogP contribution >= 0.6 is 23.5 Å². The molecule has 3 aromatic carbocycles. The van der Waals surface area contributed by atoms with Crippen molar-refractivity contribution in [3.05, 3.63) is 107 Å². The van der Waals surface area contributed by atoms with E-state index in [9.17, 15) is 4.39 Å². The molecule has 0 aromatic heterocycles. The van der Waals surface area contributed by atoms with E-state index in [1.54, 1.807) is 12.1 Å². The number of rotatable bonds is 7. The highest BCUT2D eigenvalue weighted by molar-refractivity contribution is 8.15. The van der Waals surface area contributed by atoms with Crippen molar-refractivity contribution in [1.29, 1.82) is 0 Å². The largest absolute Gasteiger partial charge is 0.207 e. The van der Waals surface area contributed by atoms with Crippen molar-refractivity contribution in [2.45, 2.75) is 16.1 Å². The fourth-order valence-electron chi connectivity index (χ4n) is 2.35. The van der Waals surface area contributed by atoms with Crippen molar-refractivity contribution in [3.63, 3.8) is 0 Å². The molecular weight excluding hydrogens is 335 g/mol. The van der Waals surface area contributed by atoms with Gasteiger partial charge in [-0.25, -0.2) is 4.39 Å². The molecule has 0 heterocycles. The Kier molecular flexibility index (Phi) is 6.39. The second-order valence-electron chi connectivity index (χ2n) is 5.48. The van der Waals surface area contributed by atoms with Gasteiger partial charge in [0.15, 0.2) is 0 Å². The maximum absolute atomic E-state index is 13.2. The molecule has 0 saturated carbocycles. The predicted molar refractivity (Wildman–Crippen MR) is 105 cm³/mol. The molecule has 0 radical (unpaired) electrons. The van der Waals surface area contributed by atoms with Crippen LogP contribution in [0.5, 0.6) is 0 Å². The van der Waals surface area contributed by atoms with Gasteiger partial charge in [0.05, 0.1) is 4.58 Å². The molecule has 3 heteroatoms. The Balaban J connectivity index is 1.69. The Bertz CT molecular complexity index is 683. The average Bonchev–Trinajstić information content (AvgIpc) is 2.64. The highest BCUT2D eigenvalue weighted by Crippen LogP contribution is 2.42. The normalized spacial score (nSPS) is 10.9. The summed E-state index contributed by atoms with van der Waals surface area (Å²) in [5, 5.41) is 0. The number of hydrogen-bond donors (Lipinski definition) is 0. The first-order valence-corrected chi connectivity index (χ1v) is 9.97. The van der Waals surface area contributed by atoms with Gasteiger partial charge in [0.1, 0.15) is 5.82 Å². The van der Waals surface area contributed by atoms with Gasteiger partial charge in [0, 0.05) is 11.5 Å². The maximum Gasteiger partial charge on any atom is 0.123 e. The first-order chi connectivity index (χ1) is 11.8. The minimum absolute atomic E-state index is 0.182. The first kappa shape index (κ1) is 17.1. The third-order valence-corrected chi connectivity index (χ3v) is 6.60. The summed E-state index contributed by atoms with van der Waals surface area (Å²) in [5.41, 5.74) is 3.79. The number of halogens is 1. The van der Waals surface area contributed by atoms with E-state index in [1.165, 1.54) is 16.7 Å². The Morgan fingerprint density at radius 3 is 1.54 bits per heavy atom. The van der Waals surface area contributed by atoms with Crippen LogP contribution in [0, 0.1) is 5.82 Å². The van der Waals surface area contributed by atoms with Crippen LogP contribution in [-0.2, 0) is 11.5 Å². The Hall–Kier alpha value is -1.71.